The van der Waals surface area contributed by atoms with E-state index in [1.165, 1.54) is 0 Å². The zero-order valence-electron chi connectivity index (χ0n) is 19.7. The van der Waals surface area contributed by atoms with Gasteiger partial charge < -0.3 is 19.1 Å². The highest BCUT2D eigenvalue weighted by Gasteiger charge is 2.19. The maximum absolute atomic E-state index is 12.4. The minimum absolute atomic E-state index is 0.296. The molecule has 4 rings (SSSR count). The number of carbonyl (C=O) groups is 1. The van der Waals surface area contributed by atoms with Crippen LogP contribution in [0.4, 0.5) is 5.69 Å². The summed E-state index contributed by atoms with van der Waals surface area (Å²) >= 11 is 0. The van der Waals surface area contributed by atoms with Crippen molar-refractivity contribution in [1.82, 2.24) is 4.90 Å². The number of benzene rings is 3. The minimum atomic E-state index is -0.296. The average molecular weight is 461 g/mol. The molecule has 0 radical (unpaired) electrons. The van der Waals surface area contributed by atoms with Gasteiger partial charge in [-0.1, -0.05) is 42.5 Å². The van der Waals surface area contributed by atoms with Crippen molar-refractivity contribution in [2.45, 2.75) is 13.0 Å². The minimum Gasteiger partial charge on any atom is -0.495 e. The summed E-state index contributed by atoms with van der Waals surface area (Å²) < 4.78 is 16.7. The molecule has 1 heterocycles. The summed E-state index contributed by atoms with van der Waals surface area (Å²) in [5.41, 5.74) is 2.79. The smallest absolute Gasteiger partial charge is 0.338 e. The van der Waals surface area contributed by atoms with Gasteiger partial charge in [-0.3, -0.25) is 4.90 Å². The lowest BCUT2D eigenvalue weighted by molar-refractivity contribution is 0.0487. The zero-order chi connectivity index (χ0) is 23.6. The third-order valence-corrected chi connectivity index (χ3v) is 5.99. The first-order valence-electron chi connectivity index (χ1n) is 11.8. The van der Waals surface area contributed by atoms with Crippen molar-refractivity contribution in [2.24, 2.45) is 0 Å². The van der Waals surface area contributed by atoms with E-state index in [4.69, 9.17) is 14.2 Å². The number of esters is 1. The SMILES string of the molecule is COc1ccccc1N1CCN(CCCOC(=O)c2ccc(OCc3ccccc3)cc2)CC1. The number of nitrogens with zero attached hydrogens (tertiary/aromatic N) is 2. The molecule has 0 amide bonds. The highest BCUT2D eigenvalue weighted by atomic mass is 16.5. The fraction of sp³-hybridized carbons (Fsp3) is 0.321. The lowest BCUT2D eigenvalue weighted by Gasteiger charge is -2.36. The van der Waals surface area contributed by atoms with E-state index in [1.807, 2.05) is 48.5 Å². The fourth-order valence-electron chi connectivity index (χ4n) is 4.07. The molecule has 0 unspecified atom stereocenters. The van der Waals surface area contributed by atoms with Gasteiger partial charge in [0.25, 0.3) is 0 Å². The van der Waals surface area contributed by atoms with Crippen molar-refractivity contribution in [2.75, 3.05) is 51.3 Å². The van der Waals surface area contributed by atoms with Crippen LogP contribution in [0.1, 0.15) is 22.3 Å². The first-order chi connectivity index (χ1) is 16.7. The standard InChI is InChI=1S/C28H32N2O4/c1-32-27-11-6-5-10-26(27)30-19-17-29(18-20-30)16-7-21-33-28(31)24-12-14-25(15-13-24)34-22-23-8-3-2-4-9-23/h2-6,8-15H,7,16-22H2,1H3. The zero-order valence-corrected chi connectivity index (χ0v) is 19.7. The summed E-state index contributed by atoms with van der Waals surface area (Å²) in [5.74, 6) is 1.35. The molecule has 0 aromatic heterocycles. The summed E-state index contributed by atoms with van der Waals surface area (Å²) in [6.07, 6.45) is 0.818. The van der Waals surface area contributed by atoms with Crippen LogP contribution in [-0.4, -0.2) is 57.3 Å². The van der Waals surface area contributed by atoms with Crippen molar-refractivity contribution < 1.29 is 19.0 Å². The number of hydrogen-bond acceptors (Lipinski definition) is 6. The van der Waals surface area contributed by atoms with Gasteiger partial charge in [-0.05, 0) is 48.4 Å². The lowest BCUT2D eigenvalue weighted by Crippen LogP contribution is -2.46. The molecule has 1 aliphatic heterocycles. The van der Waals surface area contributed by atoms with E-state index in [2.05, 4.69) is 15.9 Å². The number of piperazine rings is 1. The number of methoxy groups -OCH3 is 1. The van der Waals surface area contributed by atoms with Crippen molar-refractivity contribution >= 4 is 11.7 Å². The highest BCUT2D eigenvalue weighted by Crippen LogP contribution is 2.28. The molecule has 0 bridgehead atoms. The van der Waals surface area contributed by atoms with Gasteiger partial charge in [0.1, 0.15) is 18.1 Å². The maximum atomic E-state index is 12.4. The van der Waals surface area contributed by atoms with Gasteiger partial charge in [-0.2, -0.15) is 0 Å². The number of rotatable bonds is 10. The summed E-state index contributed by atoms with van der Waals surface area (Å²) in [4.78, 5) is 17.1. The Kier molecular flexibility index (Phi) is 8.41. The van der Waals surface area contributed by atoms with Gasteiger partial charge in [0.2, 0.25) is 0 Å². The molecule has 0 N–H and O–H groups in total. The molecule has 1 saturated heterocycles. The number of carbonyl (C=O) groups excluding carboxylic acids is 1. The van der Waals surface area contributed by atoms with Gasteiger partial charge in [0, 0.05) is 32.7 Å². The molecule has 178 valence electrons. The van der Waals surface area contributed by atoms with Gasteiger partial charge in [0.05, 0.1) is 25.0 Å². The molecule has 34 heavy (non-hydrogen) atoms. The van der Waals surface area contributed by atoms with E-state index >= 15 is 0 Å². The highest BCUT2D eigenvalue weighted by molar-refractivity contribution is 5.89. The summed E-state index contributed by atoms with van der Waals surface area (Å²) in [6.45, 7) is 5.71. The molecular formula is C28H32N2O4. The van der Waals surface area contributed by atoms with E-state index in [0.29, 0.717) is 18.8 Å². The number of ether oxygens (including phenoxy) is 3. The van der Waals surface area contributed by atoms with Crippen LogP contribution in [-0.2, 0) is 11.3 Å². The van der Waals surface area contributed by atoms with Crippen LogP contribution in [0, 0.1) is 0 Å². The van der Waals surface area contributed by atoms with Crippen LogP contribution >= 0.6 is 0 Å². The Balaban J connectivity index is 1.14. The molecule has 3 aromatic rings. The van der Waals surface area contributed by atoms with E-state index in [1.54, 1.807) is 31.4 Å². The van der Waals surface area contributed by atoms with E-state index in [-0.39, 0.29) is 5.97 Å². The lowest BCUT2D eigenvalue weighted by atomic mass is 10.2. The van der Waals surface area contributed by atoms with Crippen LogP contribution in [0.3, 0.4) is 0 Å². The largest absolute Gasteiger partial charge is 0.495 e. The Morgan fingerprint density at radius 3 is 2.29 bits per heavy atom. The fourth-order valence-corrected chi connectivity index (χ4v) is 4.07. The Hall–Kier alpha value is -3.51. The average Bonchev–Trinajstić information content (AvgIpc) is 2.91. The van der Waals surface area contributed by atoms with Gasteiger partial charge in [-0.15, -0.1) is 0 Å². The molecule has 0 atom stereocenters. The normalized spacial score (nSPS) is 14.0. The number of anilines is 1. The van der Waals surface area contributed by atoms with Gasteiger partial charge in [-0.25, -0.2) is 4.79 Å². The van der Waals surface area contributed by atoms with Gasteiger partial charge in [0.15, 0.2) is 0 Å². The second kappa shape index (κ2) is 12.1. The van der Waals surface area contributed by atoms with E-state index < -0.39 is 0 Å². The maximum Gasteiger partial charge on any atom is 0.338 e. The van der Waals surface area contributed by atoms with E-state index in [9.17, 15) is 4.79 Å². The molecular weight excluding hydrogens is 428 g/mol. The topological polar surface area (TPSA) is 51.2 Å². The predicted octanol–water partition coefficient (Wildman–Crippen LogP) is 4.64. The summed E-state index contributed by atoms with van der Waals surface area (Å²) in [6, 6.07) is 25.3. The third-order valence-electron chi connectivity index (χ3n) is 5.99. The summed E-state index contributed by atoms with van der Waals surface area (Å²) in [5, 5.41) is 0. The predicted molar refractivity (Wildman–Crippen MR) is 134 cm³/mol. The Morgan fingerprint density at radius 1 is 0.853 bits per heavy atom. The van der Waals surface area contributed by atoms with Crippen LogP contribution in [0.15, 0.2) is 78.9 Å². The quantitative estimate of drug-likeness (QED) is 0.324. The number of para-hydroxylation sites is 2. The van der Waals surface area contributed by atoms with E-state index in [0.717, 1.165) is 61.9 Å². The van der Waals surface area contributed by atoms with Crippen LogP contribution in [0.5, 0.6) is 11.5 Å². The first kappa shape index (κ1) is 23.6. The van der Waals surface area contributed by atoms with Crippen LogP contribution in [0.2, 0.25) is 0 Å². The summed E-state index contributed by atoms with van der Waals surface area (Å²) in [7, 11) is 1.71. The number of hydrogen-bond donors (Lipinski definition) is 0. The molecule has 6 nitrogen and oxygen atoms in total. The van der Waals surface area contributed by atoms with Crippen molar-refractivity contribution in [3.05, 3.63) is 90.0 Å². The second-order valence-corrected chi connectivity index (χ2v) is 8.29. The van der Waals surface area contributed by atoms with Crippen molar-refractivity contribution in [3.63, 3.8) is 0 Å². The second-order valence-electron chi connectivity index (χ2n) is 8.29. The Bertz CT molecular complexity index is 1030. The molecule has 0 spiro atoms. The van der Waals surface area contributed by atoms with Gasteiger partial charge >= 0.3 is 5.97 Å². The monoisotopic (exact) mass is 460 g/mol. The molecule has 1 fully saturated rings. The third kappa shape index (κ3) is 6.51. The Labute approximate surface area is 201 Å². The van der Waals surface area contributed by atoms with Crippen molar-refractivity contribution in [3.8, 4) is 11.5 Å². The first-order valence-corrected chi connectivity index (χ1v) is 11.8. The van der Waals surface area contributed by atoms with Crippen LogP contribution < -0.4 is 14.4 Å². The van der Waals surface area contributed by atoms with Crippen molar-refractivity contribution in [1.29, 1.82) is 0 Å². The molecule has 3 aromatic carbocycles. The van der Waals surface area contributed by atoms with Crippen LogP contribution in [0.25, 0.3) is 0 Å². The molecule has 0 aliphatic carbocycles. The molecule has 1 aliphatic rings. The molecule has 6 heteroatoms. The molecule has 0 saturated carbocycles. The Morgan fingerprint density at radius 2 is 1.56 bits per heavy atom.